The zero-order valence-corrected chi connectivity index (χ0v) is 19.4. The third kappa shape index (κ3) is 4.32. The average molecular weight is 451 g/mol. The van der Waals surface area contributed by atoms with Crippen molar-refractivity contribution in [3.05, 3.63) is 84.1 Å². The second-order valence-electron chi connectivity index (χ2n) is 8.33. The third-order valence-corrected chi connectivity index (χ3v) is 5.92. The molecule has 0 aliphatic carbocycles. The quantitative estimate of drug-likeness (QED) is 0.328. The van der Waals surface area contributed by atoms with Gasteiger partial charge in [-0.15, -0.1) is 0 Å². The molecule has 5 aromatic rings. The lowest BCUT2D eigenvalue weighted by Gasteiger charge is -2.17. The fourth-order valence-corrected chi connectivity index (χ4v) is 4.08. The predicted molar refractivity (Wildman–Crippen MR) is 135 cm³/mol. The molecule has 3 heterocycles. The Morgan fingerprint density at radius 3 is 2.59 bits per heavy atom. The van der Waals surface area contributed by atoms with Crippen molar-refractivity contribution in [1.29, 1.82) is 0 Å². The summed E-state index contributed by atoms with van der Waals surface area (Å²) >= 11 is 0. The molecule has 7 heteroatoms. The normalized spacial score (nSPS) is 12.1. The summed E-state index contributed by atoms with van der Waals surface area (Å²) < 4.78 is 5.67. The highest BCUT2D eigenvalue weighted by Crippen LogP contribution is 2.29. The van der Waals surface area contributed by atoms with Crippen LogP contribution in [0.4, 0.5) is 11.8 Å². The molecule has 0 spiro atoms. The first-order chi connectivity index (χ1) is 16.5. The molecule has 7 nitrogen and oxygen atoms in total. The van der Waals surface area contributed by atoms with Gasteiger partial charge in [-0.1, -0.05) is 25.1 Å². The van der Waals surface area contributed by atoms with E-state index in [1.54, 1.807) is 12.4 Å². The minimum absolute atomic E-state index is 0.0276. The summed E-state index contributed by atoms with van der Waals surface area (Å²) in [5.41, 5.74) is 12.7. The fourth-order valence-electron chi connectivity index (χ4n) is 4.08. The summed E-state index contributed by atoms with van der Waals surface area (Å²) in [6, 6.07) is 16.5. The Morgan fingerprint density at radius 1 is 0.971 bits per heavy atom. The summed E-state index contributed by atoms with van der Waals surface area (Å²) in [4.78, 5) is 17.5. The van der Waals surface area contributed by atoms with E-state index in [-0.39, 0.29) is 12.0 Å². The number of aromatic nitrogens is 4. The second kappa shape index (κ2) is 8.94. The van der Waals surface area contributed by atoms with E-state index >= 15 is 0 Å². The molecular formula is C27H26N6O. The lowest BCUT2D eigenvalue weighted by Crippen LogP contribution is -2.09. The minimum atomic E-state index is 0.0276. The monoisotopic (exact) mass is 450 g/mol. The van der Waals surface area contributed by atoms with E-state index in [2.05, 4.69) is 57.3 Å². The highest BCUT2D eigenvalue weighted by atomic mass is 16.3. The maximum Gasteiger partial charge on any atom is 0.219 e. The van der Waals surface area contributed by atoms with E-state index in [0.717, 1.165) is 51.2 Å². The molecule has 170 valence electrons. The topological polar surface area (TPSA) is 103 Å². The summed E-state index contributed by atoms with van der Waals surface area (Å²) in [7, 11) is 0. The Balaban J connectivity index is 1.42. The van der Waals surface area contributed by atoms with Crippen molar-refractivity contribution in [2.24, 2.45) is 0 Å². The maximum absolute atomic E-state index is 5.67. The van der Waals surface area contributed by atoms with Crippen molar-refractivity contribution in [3.63, 3.8) is 0 Å². The summed E-state index contributed by atoms with van der Waals surface area (Å²) in [5.74, 6) is 1.75. The molecule has 0 radical (unpaired) electrons. The molecule has 0 saturated heterocycles. The van der Waals surface area contributed by atoms with E-state index in [0.29, 0.717) is 5.82 Å². The lowest BCUT2D eigenvalue weighted by atomic mass is 10.0. The van der Waals surface area contributed by atoms with E-state index in [1.807, 2.05) is 43.5 Å². The van der Waals surface area contributed by atoms with Gasteiger partial charge in [0.1, 0.15) is 17.2 Å². The first-order valence-corrected chi connectivity index (χ1v) is 11.3. The third-order valence-electron chi connectivity index (χ3n) is 5.92. The van der Waals surface area contributed by atoms with Crippen molar-refractivity contribution >= 4 is 22.7 Å². The standard InChI is InChI=1S/C27H26N6O/c1-4-18-15-34-25-9-8-21(11-23(18)25)24-12-26(33-17(3)32-24)31-16(2)19-6-5-7-20(10-19)22-13-29-27(28)30-14-22/h5-16H,4H2,1-3H3,(H2,28,29,30)(H,31,32,33)/t16-/m0/s1. The Bertz CT molecular complexity index is 1460. The van der Waals surface area contributed by atoms with Gasteiger partial charge in [0.2, 0.25) is 5.95 Å². The SMILES string of the molecule is CCc1coc2ccc(-c3cc(N[C@@H](C)c4cccc(-c5cnc(N)nc5)c4)nc(C)n3)cc12. The molecule has 0 aliphatic rings. The van der Waals surface area contributed by atoms with Crippen LogP contribution in [0.3, 0.4) is 0 Å². The minimum Gasteiger partial charge on any atom is -0.464 e. The zero-order valence-electron chi connectivity index (χ0n) is 19.4. The molecule has 3 aromatic heterocycles. The molecule has 34 heavy (non-hydrogen) atoms. The number of benzene rings is 2. The Labute approximate surface area is 198 Å². The number of hydrogen-bond acceptors (Lipinski definition) is 7. The van der Waals surface area contributed by atoms with Crippen LogP contribution in [0.2, 0.25) is 0 Å². The smallest absolute Gasteiger partial charge is 0.219 e. The van der Waals surface area contributed by atoms with Gasteiger partial charge in [-0.3, -0.25) is 0 Å². The van der Waals surface area contributed by atoms with E-state index in [1.165, 1.54) is 5.56 Å². The first-order valence-electron chi connectivity index (χ1n) is 11.3. The Hall–Kier alpha value is -4.26. The lowest BCUT2D eigenvalue weighted by molar-refractivity contribution is 0.611. The highest BCUT2D eigenvalue weighted by Gasteiger charge is 2.12. The van der Waals surface area contributed by atoms with Crippen LogP contribution >= 0.6 is 0 Å². The van der Waals surface area contributed by atoms with Crippen molar-refractivity contribution in [1.82, 2.24) is 19.9 Å². The molecule has 0 saturated carbocycles. The molecule has 5 rings (SSSR count). The number of anilines is 2. The highest BCUT2D eigenvalue weighted by molar-refractivity contribution is 5.86. The van der Waals surface area contributed by atoms with Crippen LogP contribution in [-0.2, 0) is 6.42 Å². The van der Waals surface area contributed by atoms with Crippen LogP contribution in [0.5, 0.6) is 0 Å². The van der Waals surface area contributed by atoms with Gasteiger partial charge in [0.15, 0.2) is 0 Å². The maximum atomic E-state index is 5.67. The van der Waals surface area contributed by atoms with Gasteiger partial charge < -0.3 is 15.5 Å². The predicted octanol–water partition coefficient (Wildman–Crippen LogP) is 5.97. The number of nitrogen functional groups attached to an aromatic ring is 1. The van der Waals surface area contributed by atoms with Crippen LogP contribution < -0.4 is 11.1 Å². The van der Waals surface area contributed by atoms with E-state index in [4.69, 9.17) is 10.2 Å². The second-order valence-corrected chi connectivity index (χ2v) is 8.33. The molecule has 0 aliphatic heterocycles. The van der Waals surface area contributed by atoms with Crippen molar-refractivity contribution in [3.8, 4) is 22.4 Å². The van der Waals surface area contributed by atoms with E-state index < -0.39 is 0 Å². The number of nitrogens with zero attached hydrogens (tertiary/aromatic N) is 4. The van der Waals surface area contributed by atoms with Crippen LogP contribution in [0.15, 0.2) is 71.6 Å². The number of nitrogens with two attached hydrogens (primary N) is 1. The summed E-state index contributed by atoms with van der Waals surface area (Å²) in [6.45, 7) is 6.15. The van der Waals surface area contributed by atoms with Gasteiger partial charge in [0, 0.05) is 41.0 Å². The number of hydrogen-bond donors (Lipinski definition) is 2. The Kier molecular flexibility index (Phi) is 5.67. The van der Waals surface area contributed by atoms with Crippen molar-refractivity contribution in [2.45, 2.75) is 33.2 Å². The largest absolute Gasteiger partial charge is 0.464 e. The van der Waals surface area contributed by atoms with Crippen molar-refractivity contribution in [2.75, 3.05) is 11.1 Å². The summed E-state index contributed by atoms with van der Waals surface area (Å²) in [6.07, 6.45) is 6.23. The molecule has 0 fully saturated rings. The number of aryl methyl sites for hydroxylation is 2. The number of nitrogens with one attached hydrogen (secondary N) is 1. The number of rotatable bonds is 6. The average Bonchev–Trinajstić information content (AvgIpc) is 3.26. The molecular weight excluding hydrogens is 424 g/mol. The van der Waals surface area contributed by atoms with Crippen LogP contribution in [0.1, 0.15) is 36.8 Å². The van der Waals surface area contributed by atoms with Gasteiger partial charge >= 0.3 is 0 Å². The summed E-state index contributed by atoms with van der Waals surface area (Å²) in [5, 5.41) is 4.66. The fraction of sp³-hybridized carbons (Fsp3) is 0.185. The molecule has 2 aromatic carbocycles. The molecule has 1 atom stereocenters. The van der Waals surface area contributed by atoms with Gasteiger partial charge in [-0.2, -0.15) is 0 Å². The molecule has 0 unspecified atom stereocenters. The Morgan fingerprint density at radius 2 is 1.79 bits per heavy atom. The van der Waals surface area contributed by atoms with Gasteiger partial charge in [-0.05, 0) is 61.2 Å². The van der Waals surface area contributed by atoms with Crippen LogP contribution in [0, 0.1) is 6.92 Å². The number of fused-ring (bicyclic) bond motifs is 1. The molecule has 3 N–H and O–H groups in total. The number of furan rings is 1. The molecule has 0 bridgehead atoms. The molecule has 0 amide bonds. The first kappa shape index (κ1) is 21.6. The van der Waals surface area contributed by atoms with Crippen LogP contribution in [-0.4, -0.2) is 19.9 Å². The van der Waals surface area contributed by atoms with Crippen LogP contribution in [0.25, 0.3) is 33.4 Å². The zero-order chi connectivity index (χ0) is 23.7. The van der Waals surface area contributed by atoms with E-state index in [9.17, 15) is 0 Å². The van der Waals surface area contributed by atoms with Gasteiger partial charge in [0.05, 0.1) is 12.0 Å². The van der Waals surface area contributed by atoms with Gasteiger partial charge in [-0.25, -0.2) is 19.9 Å². The van der Waals surface area contributed by atoms with Gasteiger partial charge in [0.25, 0.3) is 0 Å². The van der Waals surface area contributed by atoms with Crippen molar-refractivity contribution < 1.29 is 4.42 Å².